The predicted molar refractivity (Wildman–Crippen MR) is 82.0 cm³/mol. The number of hydrogen-bond acceptors (Lipinski definition) is 2. The maximum Gasteiger partial charge on any atom is 0.123 e. The Hall–Kier alpha value is -2.05. The molecule has 1 saturated carbocycles. The Morgan fingerprint density at radius 1 is 1.19 bits per heavy atom. The van der Waals surface area contributed by atoms with Crippen LogP contribution in [0, 0.1) is 17.1 Å². The fourth-order valence-electron chi connectivity index (χ4n) is 2.70. The number of rotatable bonds is 3. The molecule has 2 nitrogen and oxygen atoms in total. The van der Waals surface area contributed by atoms with Gasteiger partial charge in [-0.05, 0) is 54.7 Å². The predicted octanol–water partition coefficient (Wildman–Crippen LogP) is 4.71. The summed E-state index contributed by atoms with van der Waals surface area (Å²) < 4.78 is 13.2. The van der Waals surface area contributed by atoms with Crippen LogP contribution in [0.2, 0.25) is 5.02 Å². The quantitative estimate of drug-likeness (QED) is 0.891. The van der Waals surface area contributed by atoms with E-state index in [1.165, 1.54) is 6.07 Å². The van der Waals surface area contributed by atoms with Gasteiger partial charge in [-0.1, -0.05) is 23.7 Å². The van der Waals surface area contributed by atoms with Gasteiger partial charge in [0.1, 0.15) is 11.9 Å². The molecule has 2 aromatic rings. The molecule has 0 radical (unpaired) electrons. The molecule has 0 aliphatic heterocycles. The van der Waals surface area contributed by atoms with E-state index in [2.05, 4.69) is 11.4 Å². The summed E-state index contributed by atoms with van der Waals surface area (Å²) in [5.41, 5.74) is 2.43. The van der Waals surface area contributed by atoms with Crippen molar-refractivity contribution in [3.8, 4) is 6.07 Å². The molecule has 21 heavy (non-hydrogen) atoms. The van der Waals surface area contributed by atoms with E-state index in [1.807, 2.05) is 12.1 Å². The molecule has 0 spiro atoms. The van der Waals surface area contributed by atoms with Crippen LogP contribution in [-0.4, -0.2) is 6.04 Å². The zero-order chi connectivity index (χ0) is 14.8. The summed E-state index contributed by atoms with van der Waals surface area (Å²) >= 11 is 5.91. The van der Waals surface area contributed by atoms with Crippen LogP contribution in [0.15, 0.2) is 42.5 Å². The normalized spacial score (nSPS) is 20.4. The number of anilines is 1. The van der Waals surface area contributed by atoms with Crippen molar-refractivity contribution >= 4 is 17.3 Å². The Morgan fingerprint density at radius 3 is 2.71 bits per heavy atom. The van der Waals surface area contributed by atoms with E-state index in [-0.39, 0.29) is 5.82 Å². The SMILES string of the molecule is N#Cc1cc(NC2CC(c3cccc(F)c3)C2)ccc1Cl. The van der Waals surface area contributed by atoms with Gasteiger partial charge in [-0.2, -0.15) is 5.26 Å². The molecule has 0 atom stereocenters. The van der Waals surface area contributed by atoms with Crippen LogP contribution in [0.4, 0.5) is 10.1 Å². The molecule has 0 aromatic heterocycles. The lowest BCUT2D eigenvalue weighted by atomic mass is 9.76. The van der Waals surface area contributed by atoms with Crippen molar-refractivity contribution in [1.82, 2.24) is 0 Å². The summed E-state index contributed by atoms with van der Waals surface area (Å²) in [6.07, 6.45) is 1.93. The molecule has 4 heteroatoms. The van der Waals surface area contributed by atoms with Crippen molar-refractivity contribution in [3.05, 3.63) is 64.4 Å². The van der Waals surface area contributed by atoms with E-state index in [1.54, 1.807) is 24.3 Å². The summed E-state index contributed by atoms with van der Waals surface area (Å²) in [6.45, 7) is 0. The summed E-state index contributed by atoms with van der Waals surface area (Å²) in [5, 5.41) is 12.8. The Morgan fingerprint density at radius 2 is 2.00 bits per heavy atom. The number of nitrogens with zero attached hydrogens (tertiary/aromatic N) is 1. The van der Waals surface area contributed by atoms with Gasteiger partial charge in [0.25, 0.3) is 0 Å². The first-order chi connectivity index (χ1) is 10.2. The lowest BCUT2D eigenvalue weighted by molar-refractivity contribution is 0.373. The summed E-state index contributed by atoms with van der Waals surface area (Å²) in [4.78, 5) is 0. The van der Waals surface area contributed by atoms with Crippen LogP contribution in [0.3, 0.4) is 0 Å². The Bertz CT molecular complexity index is 702. The fourth-order valence-corrected chi connectivity index (χ4v) is 2.86. The Kier molecular flexibility index (Phi) is 3.81. The number of nitrogens with one attached hydrogen (secondary N) is 1. The van der Waals surface area contributed by atoms with E-state index in [0.29, 0.717) is 22.5 Å². The molecule has 1 fully saturated rings. The molecule has 2 aromatic carbocycles. The van der Waals surface area contributed by atoms with Gasteiger partial charge in [0.2, 0.25) is 0 Å². The van der Waals surface area contributed by atoms with E-state index in [9.17, 15) is 4.39 Å². The molecule has 0 unspecified atom stereocenters. The first-order valence-electron chi connectivity index (χ1n) is 6.87. The van der Waals surface area contributed by atoms with Crippen molar-refractivity contribution in [1.29, 1.82) is 5.26 Å². The first-order valence-corrected chi connectivity index (χ1v) is 7.25. The molecular formula is C17H14ClFN2. The van der Waals surface area contributed by atoms with Gasteiger partial charge in [-0.15, -0.1) is 0 Å². The molecule has 3 rings (SSSR count). The van der Waals surface area contributed by atoms with Crippen molar-refractivity contribution < 1.29 is 4.39 Å². The maximum absolute atomic E-state index is 13.2. The third kappa shape index (κ3) is 3.01. The zero-order valence-corrected chi connectivity index (χ0v) is 12.1. The highest BCUT2D eigenvalue weighted by Gasteiger charge is 2.30. The van der Waals surface area contributed by atoms with Gasteiger partial charge in [-0.3, -0.25) is 0 Å². The van der Waals surface area contributed by atoms with Gasteiger partial charge < -0.3 is 5.32 Å². The summed E-state index contributed by atoms with van der Waals surface area (Å²) in [6, 6.07) is 14.6. The largest absolute Gasteiger partial charge is 0.382 e. The molecule has 0 bridgehead atoms. The second kappa shape index (κ2) is 5.75. The third-order valence-electron chi connectivity index (χ3n) is 3.92. The fraction of sp³-hybridized carbons (Fsp3) is 0.235. The second-order valence-electron chi connectivity index (χ2n) is 5.37. The molecular weight excluding hydrogens is 287 g/mol. The highest BCUT2D eigenvalue weighted by Crippen LogP contribution is 2.38. The molecule has 0 heterocycles. The minimum absolute atomic E-state index is 0.180. The highest BCUT2D eigenvalue weighted by atomic mass is 35.5. The first kappa shape index (κ1) is 13.9. The highest BCUT2D eigenvalue weighted by molar-refractivity contribution is 6.31. The van der Waals surface area contributed by atoms with E-state index in [4.69, 9.17) is 16.9 Å². The third-order valence-corrected chi connectivity index (χ3v) is 4.25. The average molecular weight is 301 g/mol. The number of benzene rings is 2. The standard InChI is InChI=1S/C17H14ClFN2/c18-17-5-4-15(9-13(17)10-20)21-16-7-12(8-16)11-2-1-3-14(19)6-11/h1-6,9,12,16,21H,7-8H2. The molecule has 1 aliphatic rings. The van der Waals surface area contributed by atoms with Gasteiger partial charge in [-0.25, -0.2) is 4.39 Å². The topological polar surface area (TPSA) is 35.8 Å². The zero-order valence-electron chi connectivity index (χ0n) is 11.3. The van der Waals surface area contributed by atoms with Crippen molar-refractivity contribution in [2.24, 2.45) is 0 Å². The number of nitriles is 1. The molecule has 0 saturated heterocycles. The van der Waals surface area contributed by atoms with Gasteiger partial charge in [0, 0.05) is 11.7 Å². The average Bonchev–Trinajstić information content (AvgIpc) is 2.44. The van der Waals surface area contributed by atoms with Crippen LogP contribution in [0.25, 0.3) is 0 Å². The van der Waals surface area contributed by atoms with Crippen LogP contribution >= 0.6 is 11.6 Å². The van der Waals surface area contributed by atoms with Crippen molar-refractivity contribution in [2.45, 2.75) is 24.8 Å². The molecule has 1 N–H and O–H groups in total. The van der Waals surface area contributed by atoms with Gasteiger partial charge in [0.15, 0.2) is 0 Å². The van der Waals surface area contributed by atoms with Crippen LogP contribution in [0.1, 0.15) is 29.9 Å². The lowest BCUT2D eigenvalue weighted by Crippen LogP contribution is -2.34. The Labute approximate surface area is 128 Å². The molecule has 0 amide bonds. The second-order valence-corrected chi connectivity index (χ2v) is 5.78. The van der Waals surface area contributed by atoms with Gasteiger partial charge in [0.05, 0.1) is 10.6 Å². The van der Waals surface area contributed by atoms with E-state index in [0.717, 1.165) is 24.1 Å². The van der Waals surface area contributed by atoms with Crippen LogP contribution in [-0.2, 0) is 0 Å². The monoisotopic (exact) mass is 300 g/mol. The van der Waals surface area contributed by atoms with E-state index >= 15 is 0 Å². The molecule has 1 aliphatic carbocycles. The maximum atomic E-state index is 13.2. The lowest BCUT2D eigenvalue weighted by Gasteiger charge is -2.37. The minimum Gasteiger partial charge on any atom is -0.382 e. The van der Waals surface area contributed by atoms with Gasteiger partial charge >= 0.3 is 0 Å². The van der Waals surface area contributed by atoms with Crippen LogP contribution < -0.4 is 5.32 Å². The van der Waals surface area contributed by atoms with Crippen LogP contribution in [0.5, 0.6) is 0 Å². The van der Waals surface area contributed by atoms with E-state index < -0.39 is 0 Å². The smallest absolute Gasteiger partial charge is 0.123 e. The number of hydrogen-bond donors (Lipinski definition) is 1. The summed E-state index contributed by atoms with van der Waals surface area (Å²) in [5.74, 6) is 0.223. The summed E-state index contributed by atoms with van der Waals surface area (Å²) in [7, 11) is 0. The minimum atomic E-state index is -0.180. The van der Waals surface area contributed by atoms with Crippen molar-refractivity contribution in [3.63, 3.8) is 0 Å². The molecule has 106 valence electrons. The van der Waals surface area contributed by atoms with Crippen molar-refractivity contribution in [2.75, 3.05) is 5.32 Å². The number of halogens is 2. The Balaban J connectivity index is 1.61.